The van der Waals surface area contributed by atoms with E-state index in [0.29, 0.717) is 34.2 Å². The van der Waals surface area contributed by atoms with Gasteiger partial charge in [0.15, 0.2) is 5.82 Å². The topological polar surface area (TPSA) is 64.2 Å². The fourth-order valence-electron chi connectivity index (χ4n) is 3.97. The minimum Gasteiger partial charge on any atom is -0.364 e. The molecule has 0 saturated heterocycles. The van der Waals surface area contributed by atoms with Gasteiger partial charge in [0.2, 0.25) is 5.65 Å². The molecule has 0 spiro atoms. The van der Waals surface area contributed by atoms with Crippen LogP contribution >= 0.6 is 0 Å². The first-order chi connectivity index (χ1) is 13.7. The van der Waals surface area contributed by atoms with Gasteiger partial charge in [-0.05, 0) is 43.2 Å². The number of rotatable bonds is 3. The minimum atomic E-state index is -0.412. The van der Waals surface area contributed by atoms with E-state index >= 15 is 0 Å². The summed E-state index contributed by atoms with van der Waals surface area (Å²) in [5.41, 5.74) is 1.90. The lowest BCUT2D eigenvalue weighted by Gasteiger charge is -2.23. The quantitative estimate of drug-likeness (QED) is 0.588. The standard InChI is InChI=1S/C21H20FN5O/c22-14-7-6-10-16(13-14)27-21(28)26-18-12-5-4-11-17(18)24-19(20(26)25-27)23-15-8-2-1-3-9-15/h4-7,10-13,15H,1-3,8-9H2,(H,23,24). The molecule has 0 aliphatic heterocycles. The molecule has 6 nitrogen and oxygen atoms in total. The average Bonchev–Trinajstić information content (AvgIpc) is 3.07. The second-order valence-electron chi connectivity index (χ2n) is 7.26. The first kappa shape index (κ1) is 16.9. The van der Waals surface area contributed by atoms with Crippen LogP contribution in [0.25, 0.3) is 22.4 Å². The third-order valence-electron chi connectivity index (χ3n) is 5.34. The van der Waals surface area contributed by atoms with Gasteiger partial charge in [-0.1, -0.05) is 37.5 Å². The molecule has 0 amide bonds. The van der Waals surface area contributed by atoms with Crippen LogP contribution in [0.3, 0.4) is 0 Å². The van der Waals surface area contributed by atoms with Crippen LogP contribution in [-0.4, -0.2) is 25.2 Å². The highest BCUT2D eigenvalue weighted by atomic mass is 19.1. The van der Waals surface area contributed by atoms with Gasteiger partial charge in [0.1, 0.15) is 5.82 Å². The summed E-state index contributed by atoms with van der Waals surface area (Å²) >= 11 is 0. The molecule has 4 aromatic rings. The van der Waals surface area contributed by atoms with Gasteiger partial charge in [-0.3, -0.25) is 0 Å². The van der Waals surface area contributed by atoms with Crippen LogP contribution < -0.4 is 11.0 Å². The maximum absolute atomic E-state index is 13.7. The van der Waals surface area contributed by atoms with E-state index in [4.69, 9.17) is 4.98 Å². The van der Waals surface area contributed by atoms with Crippen molar-refractivity contribution in [2.45, 2.75) is 38.1 Å². The number of nitrogens with one attached hydrogen (secondary N) is 1. The van der Waals surface area contributed by atoms with Gasteiger partial charge in [-0.15, -0.1) is 5.10 Å². The molecule has 0 unspecified atom stereocenters. The molecule has 142 valence electrons. The summed E-state index contributed by atoms with van der Waals surface area (Å²) in [4.78, 5) is 17.9. The zero-order valence-corrected chi connectivity index (χ0v) is 15.3. The molecule has 0 bridgehead atoms. The van der Waals surface area contributed by atoms with Crippen LogP contribution in [0.15, 0.2) is 53.3 Å². The molecule has 2 aromatic carbocycles. The molecule has 2 aromatic heterocycles. The van der Waals surface area contributed by atoms with E-state index in [1.54, 1.807) is 16.5 Å². The SMILES string of the molecule is O=c1n(-c2cccc(F)c2)nc2c(NC3CCCCC3)nc3ccccc3n12. The highest BCUT2D eigenvalue weighted by Gasteiger charge is 2.20. The van der Waals surface area contributed by atoms with Crippen LogP contribution in [0, 0.1) is 5.82 Å². The smallest absolute Gasteiger partial charge is 0.355 e. The van der Waals surface area contributed by atoms with Crippen LogP contribution in [-0.2, 0) is 0 Å². The largest absolute Gasteiger partial charge is 0.364 e. The molecule has 7 heteroatoms. The van der Waals surface area contributed by atoms with Crippen LogP contribution in [0.2, 0.25) is 0 Å². The maximum Gasteiger partial charge on any atom is 0.355 e. The number of benzene rings is 2. The van der Waals surface area contributed by atoms with Gasteiger partial charge < -0.3 is 5.32 Å². The monoisotopic (exact) mass is 377 g/mol. The number of hydrogen-bond acceptors (Lipinski definition) is 4. The lowest BCUT2D eigenvalue weighted by atomic mass is 9.95. The van der Waals surface area contributed by atoms with Gasteiger partial charge in [0.05, 0.1) is 16.7 Å². The number of halogens is 1. The molecule has 0 atom stereocenters. The number of anilines is 1. The van der Waals surface area contributed by atoms with E-state index < -0.39 is 5.82 Å². The molecule has 28 heavy (non-hydrogen) atoms. The van der Waals surface area contributed by atoms with Crippen molar-refractivity contribution in [3.63, 3.8) is 0 Å². The Hall–Kier alpha value is -3.22. The Bertz CT molecular complexity index is 1220. The van der Waals surface area contributed by atoms with Crippen LogP contribution in [0.4, 0.5) is 10.2 Å². The number of aromatic nitrogens is 4. The lowest BCUT2D eigenvalue weighted by molar-refractivity contribution is 0.462. The van der Waals surface area contributed by atoms with Crippen LogP contribution in [0.5, 0.6) is 0 Å². The molecular formula is C21H20FN5O. The molecule has 0 radical (unpaired) electrons. The minimum absolute atomic E-state index is 0.320. The molecule has 5 rings (SSSR count). The van der Waals surface area contributed by atoms with Crippen molar-refractivity contribution >= 4 is 22.5 Å². The van der Waals surface area contributed by atoms with Gasteiger partial charge in [-0.2, -0.15) is 4.68 Å². The number of para-hydroxylation sites is 2. The van der Waals surface area contributed by atoms with Crippen molar-refractivity contribution in [3.05, 3.63) is 64.8 Å². The molecular weight excluding hydrogens is 357 g/mol. The fourth-order valence-corrected chi connectivity index (χ4v) is 3.97. The van der Waals surface area contributed by atoms with E-state index in [1.807, 2.05) is 24.3 Å². The molecule has 1 N–H and O–H groups in total. The van der Waals surface area contributed by atoms with Crippen molar-refractivity contribution in [3.8, 4) is 5.69 Å². The van der Waals surface area contributed by atoms with E-state index in [-0.39, 0.29) is 5.69 Å². The van der Waals surface area contributed by atoms with E-state index in [9.17, 15) is 9.18 Å². The second-order valence-corrected chi connectivity index (χ2v) is 7.26. The molecule has 1 aliphatic rings. The Morgan fingerprint density at radius 2 is 1.86 bits per heavy atom. The Morgan fingerprint density at radius 1 is 1.04 bits per heavy atom. The first-order valence-electron chi connectivity index (χ1n) is 9.64. The Balaban J connectivity index is 1.74. The third-order valence-corrected chi connectivity index (χ3v) is 5.34. The summed E-state index contributed by atoms with van der Waals surface area (Å²) in [6.45, 7) is 0. The predicted molar refractivity (Wildman–Crippen MR) is 107 cm³/mol. The van der Waals surface area contributed by atoms with Gasteiger partial charge in [-0.25, -0.2) is 18.6 Å². The summed E-state index contributed by atoms with van der Waals surface area (Å²) in [6.07, 6.45) is 5.79. The number of hydrogen-bond donors (Lipinski definition) is 1. The normalized spacial score (nSPS) is 15.3. The zero-order valence-electron chi connectivity index (χ0n) is 15.3. The number of nitrogens with zero attached hydrogens (tertiary/aromatic N) is 4. The van der Waals surface area contributed by atoms with Gasteiger partial charge in [0, 0.05) is 6.04 Å². The average molecular weight is 377 g/mol. The Morgan fingerprint density at radius 3 is 2.68 bits per heavy atom. The second kappa shape index (κ2) is 6.74. The molecule has 2 heterocycles. The van der Waals surface area contributed by atoms with Crippen molar-refractivity contribution in [1.82, 2.24) is 19.2 Å². The molecule has 1 fully saturated rings. The lowest BCUT2D eigenvalue weighted by Crippen LogP contribution is -2.24. The zero-order chi connectivity index (χ0) is 19.1. The van der Waals surface area contributed by atoms with Crippen molar-refractivity contribution in [1.29, 1.82) is 0 Å². The highest BCUT2D eigenvalue weighted by Crippen LogP contribution is 2.25. The third kappa shape index (κ3) is 2.83. The first-order valence-corrected chi connectivity index (χ1v) is 9.64. The van der Waals surface area contributed by atoms with E-state index in [2.05, 4.69) is 10.4 Å². The van der Waals surface area contributed by atoms with Crippen molar-refractivity contribution < 1.29 is 4.39 Å². The summed E-state index contributed by atoms with van der Waals surface area (Å²) < 4.78 is 16.5. The van der Waals surface area contributed by atoms with Crippen molar-refractivity contribution in [2.75, 3.05) is 5.32 Å². The van der Waals surface area contributed by atoms with E-state index in [0.717, 1.165) is 12.8 Å². The van der Waals surface area contributed by atoms with E-state index in [1.165, 1.54) is 36.1 Å². The summed E-state index contributed by atoms with van der Waals surface area (Å²) in [7, 11) is 0. The van der Waals surface area contributed by atoms with Gasteiger partial charge >= 0.3 is 5.69 Å². The Labute approximate surface area is 160 Å². The fraction of sp³-hybridized carbons (Fsp3) is 0.286. The molecule has 1 saturated carbocycles. The van der Waals surface area contributed by atoms with Gasteiger partial charge in [0.25, 0.3) is 0 Å². The van der Waals surface area contributed by atoms with Crippen molar-refractivity contribution in [2.24, 2.45) is 0 Å². The summed E-state index contributed by atoms with van der Waals surface area (Å²) in [5.74, 6) is 0.183. The van der Waals surface area contributed by atoms with Crippen LogP contribution in [0.1, 0.15) is 32.1 Å². The maximum atomic E-state index is 13.7. The summed E-state index contributed by atoms with van der Waals surface area (Å²) in [6, 6.07) is 13.7. The molecule has 1 aliphatic carbocycles. The summed E-state index contributed by atoms with van der Waals surface area (Å²) in [5, 5.41) is 8.01. The Kier molecular flexibility index (Phi) is 4.07. The number of fused-ring (bicyclic) bond motifs is 3. The predicted octanol–water partition coefficient (Wildman–Crippen LogP) is 3.92. The highest BCUT2D eigenvalue weighted by molar-refractivity contribution is 5.82.